The monoisotopic (exact) mass is 149 g/mol. The lowest BCUT2D eigenvalue weighted by Crippen LogP contribution is -2.31. The smallest absolute Gasteiger partial charge is 0.404 e. The maximum absolute atomic E-state index is 9.82. The van der Waals surface area contributed by atoms with Gasteiger partial charge in [0.25, 0.3) is 0 Å². The first-order chi connectivity index (χ1) is 4.66. The SMILES string of the molecule is O=C(O)NCC(O)CCO. The third-order valence-corrected chi connectivity index (χ3v) is 0.951. The third-order valence-electron chi connectivity index (χ3n) is 0.951. The highest BCUT2D eigenvalue weighted by atomic mass is 16.4. The Hall–Kier alpha value is -0.810. The first-order valence-corrected chi connectivity index (χ1v) is 2.92. The van der Waals surface area contributed by atoms with E-state index < -0.39 is 12.2 Å². The lowest BCUT2D eigenvalue weighted by Gasteiger charge is -2.06. The van der Waals surface area contributed by atoms with Crippen LogP contribution in [0.4, 0.5) is 4.79 Å². The summed E-state index contributed by atoms with van der Waals surface area (Å²) < 4.78 is 0. The van der Waals surface area contributed by atoms with Crippen molar-refractivity contribution in [2.75, 3.05) is 13.2 Å². The van der Waals surface area contributed by atoms with E-state index in [-0.39, 0.29) is 19.6 Å². The van der Waals surface area contributed by atoms with E-state index in [0.29, 0.717) is 0 Å². The molecule has 0 rings (SSSR count). The molecule has 0 aliphatic carbocycles. The molecule has 5 heteroatoms. The summed E-state index contributed by atoms with van der Waals surface area (Å²) in [6.45, 7) is -0.168. The van der Waals surface area contributed by atoms with Gasteiger partial charge in [-0.1, -0.05) is 0 Å². The van der Waals surface area contributed by atoms with E-state index in [0.717, 1.165) is 0 Å². The van der Waals surface area contributed by atoms with Crippen molar-refractivity contribution in [3.05, 3.63) is 0 Å². The molecule has 0 saturated heterocycles. The maximum Gasteiger partial charge on any atom is 0.404 e. The normalized spacial score (nSPS) is 12.6. The standard InChI is InChI=1S/C5H11NO4/c7-2-1-4(8)3-6-5(9)10/h4,6-8H,1-3H2,(H,9,10). The molecule has 0 aromatic rings. The van der Waals surface area contributed by atoms with Crippen LogP contribution in [-0.2, 0) is 0 Å². The average Bonchev–Trinajstić information content (AvgIpc) is 1.85. The van der Waals surface area contributed by atoms with Gasteiger partial charge >= 0.3 is 6.09 Å². The van der Waals surface area contributed by atoms with Gasteiger partial charge in [0, 0.05) is 13.2 Å². The van der Waals surface area contributed by atoms with Gasteiger partial charge in [0.1, 0.15) is 0 Å². The molecular weight excluding hydrogens is 138 g/mol. The van der Waals surface area contributed by atoms with Gasteiger partial charge in [-0.25, -0.2) is 4.79 Å². The van der Waals surface area contributed by atoms with Gasteiger partial charge in [-0.3, -0.25) is 0 Å². The summed E-state index contributed by atoms with van der Waals surface area (Å²) >= 11 is 0. The summed E-state index contributed by atoms with van der Waals surface area (Å²) in [4.78, 5) is 9.82. The van der Waals surface area contributed by atoms with Crippen molar-refractivity contribution in [3.63, 3.8) is 0 Å². The third kappa shape index (κ3) is 5.33. The van der Waals surface area contributed by atoms with Crippen LogP contribution >= 0.6 is 0 Å². The van der Waals surface area contributed by atoms with E-state index in [2.05, 4.69) is 0 Å². The van der Waals surface area contributed by atoms with Gasteiger partial charge in [0.05, 0.1) is 6.10 Å². The number of carbonyl (C=O) groups is 1. The number of hydrogen-bond donors (Lipinski definition) is 4. The van der Waals surface area contributed by atoms with Crippen molar-refractivity contribution in [1.29, 1.82) is 0 Å². The number of aliphatic hydroxyl groups is 2. The summed E-state index contributed by atoms with van der Waals surface area (Å²) in [6.07, 6.45) is -1.77. The number of nitrogens with one attached hydrogen (secondary N) is 1. The van der Waals surface area contributed by atoms with Gasteiger partial charge < -0.3 is 20.6 Å². The van der Waals surface area contributed by atoms with Crippen LogP contribution < -0.4 is 5.32 Å². The van der Waals surface area contributed by atoms with E-state index in [1.54, 1.807) is 0 Å². The molecule has 10 heavy (non-hydrogen) atoms. The predicted molar refractivity (Wildman–Crippen MR) is 33.7 cm³/mol. The molecule has 0 fully saturated rings. The van der Waals surface area contributed by atoms with Crippen molar-refractivity contribution < 1.29 is 20.1 Å². The molecule has 0 aliphatic rings. The fourth-order valence-electron chi connectivity index (χ4n) is 0.456. The highest BCUT2D eigenvalue weighted by Gasteiger charge is 2.03. The second-order valence-corrected chi connectivity index (χ2v) is 1.85. The van der Waals surface area contributed by atoms with E-state index in [9.17, 15) is 4.79 Å². The van der Waals surface area contributed by atoms with Crippen molar-refractivity contribution >= 4 is 6.09 Å². The van der Waals surface area contributed by atoms with Crippen LogP contribution in [0.3, 0.4) is 0 Å². The summed E-state index contributed by atoms with van der Waals surface area (Å²) in [5.41, 5.74) is 0. The second kappa shape index (κ2) is 5.01. The molecular formula is C5H11NO4. The molecule has 1 atom stereocenters. The Morgan fingerprint density at radius 1 is 1.60 bits per heavy atom. The molecule has 0 aromatic carbocycles. The van der Waals surface area contributed by atoms with E-state index in [1.807, 2.05) is 5.32 Å². The number of carboxylic acid groups (broad SMARTS) is 1. The van der Waals surface area contributed by atoms with Crippen LogP contribution in [0.25, 0.3) is 0 Å². The molecule has 0 saturated carbocycles. The Labute approximate surface area is 58.3 Å². The van der Waals surface area contributed by atoms with Crippen molar-refractivity contribution in [1.82, 2.24) is 5.32 Å². The zero-order valence-electron chi connectivity index (χ0n) is 5.45. The first-order valence-electron chi connectivity index (χ1n) is 2.92. The number of aliphatic hydroxyl groups excluding tert-OH is 2. The number of hydrogen-bond acceptors (Lipinski definition) is 3. The molecule has 0 bridgehead atoms. The van der Waals surface area contributed by atoms with Crippen molar-refractivity contribution in [2.45, 2.75) is 12.5 Å². The molecule has 0 spiro atoms. The van der Waals surface area contributed by atoms with Crippen LogP contribution in [0.2, 0.25) is 0 Å². The van der Waals surface area contributed by atoms with Crippen LogP contribution in [-0.4, -0.2) is 40.7 Å². The van der Waals surface area contributed by atoms with Crippen molar-refractivity contribution in [3.8, 4) is 0 Å². The summed E-state index contributed by atoms with van der Waals surface area (Å²) in [7, 11) is 0. The molecule has 1 unspecified atom stereocenters. The molecule has 4 N–H and O–H groups in total. The summed E-state index contributed by atoms with van der Waals surface area (Å²) in [5, 5.41) is 27.1. The quantitative estimate of drug-likeness (QED) is 0.412. The minimum atomic E-state index is -1.17. The van der Waals surface area contributed by atoms with Gasteiger partial charge in [0.15, 0.2) is 0 Å². The zero-order valence-corrected chi connectivity index (χ0v) is 5.45. The highest BCUT2D eigenvalue weighted by molar-refractivity contribution is 5.64. The summed E-state index contributed by atoms with van der Waals surface area (Å²) in [5.74, 6) is 0. The number of amides is 1. The summed E-state index contributed by atoms with van der Waals surface area (Å²) in [6, 6.07) is 0. The topological polar surface area (TPSA) is 89.8 Å². The highest BCUT2D eigenvalue weighted by Crippen LogP contribution is 1.86. The van der Waals surface area contributed by atoms with Crippen molar-refractivity contribution in [2.24, 2.45) is 0 Å². The fraction of sp³-hybridized carbons (Fsp3) is 0.800. The zero-order chi connectivity index (χ0) is 7.98. The van der Waals surface area contributed by atoms with Gasteiger partial charge in [-0.05, 0) is 6.42 Å². The van der Waals surface area contributed by atoms with Crippen LogP contribution in [0.5, 0.6) is 0 Å². The van der Waals surface area contributed by atoms with Crippen LogP contribution in [0.1, 0.15) is 6.42 Å². The maximum atomic E-state index is 9.82. The molecule has 0 aliphatic heterocycles. The second-order valence-electron chi connectivity index (χ2n) is 1.85. The average molecular weight is 149 g/mol. The Balaban J connectivity index is 3.21. The lowest BCUT2D eigenvalue weighted by atomic mass is 10.3. The fourth-order valence-corrected chi connectivity index (χ4v) is 0.456. The lowest BCUT2D eigenvalue weighted by molar-refractivity contribution is 0.126. The molecule has 5 nitrogen and oxygen atoms in total. The Morgan fingerprint density at radius 3 is 2.60 bits per heavy atom. The van der Waals surface area contributed by atoms with Gasteiger partial charge in [0.2, 0.25) is 0 Å². The van der Waals surface area contributed by atoms with Gasteiger partial charge in [-0.2, -0.15) is 0 Å². The molecule has 0 radical (unpaired) electrons. The predicted octanol–water partition coefficient (Wildman–Crippen LogP) is -1.00. The molecule has 1 amide bonds. The Morgan fingerprint density at radius 2 is 2.20 bits per heavy atom. The Kier molecular flexibility index (Phi) is 4.61. The van der Waals surface area contributed by atoms with Crippen LogP contribution in [0, 0.1) is 0 Å². The van der Waals surface area contributed by atoms with E-state index >= 15 is 0 Å². The first kappa shape index (κ1) is 9.19. The largest absolute Gasteiger partial charge is 0.465 e. The Bertz CT molecular complexity index is 106. The molecule has 0 heterocycles. The number of rotatable bonds is 4. The van der Waals surface area contributed by atoms with E-state index in [4.69, 9.17) is 15.3 Å². The minimum absolute atomic E-state index is 0.0319. The van der Waals surface area contributed by atoms with E-state index in [1.165, 1.54) is 0 Å². The minimum Gasteiger partial charge on any atom is -0.465 e. The van der Waals surface area contributed by atoms with Gasteiger partial charge in [-0.15, -0.1) is 0 Å². The molecule has 60 valence electrons. The molecule has 0 aromatic heterocycles. The van der Waals surface area contributed by atoms with Crippen LogP contribution in [0.15, 0.2) is 0 Å².